The maximum absolute atomic E-state index is 12.7. The van der Waals surface area contributed by atoms with Crippen LogP contribution in [0.15, 0.2) is 18.2 Å². The molecule has 0 aliphatic rings. The molecule has 0 spiro atoms. The van der Waals surface area contributed by atoms with E-state index in [2.05, 4.69) is 5.32 Å². The van der Waals surface area contributed by atoms with Crippen molar-refractivity contribution in [3.63, 3.8) is 0 Å². The number of rotatable bonds is 4. The number of nitrogens with one attached hydrogen (secondary N) is 1. The van der Waals surface area contributed by atoms with Gasteiger partial charge < -0.3 is 15.5 Å². The van der Waals surface area contributed by atoms with Gasteiger partial charge in [0.2, 0.25) is 0 Å². The summed E-state index contributed by atoms with van der Waals surface area (Å²) >= 11 is 5.75. The van der Waals surface area contributed by atoms with Gasteiger partial charge in [0.15, 0.2) is 0 Å². The van der Waals surface area contributed by atoms with Gasteiger partial charge >= 0.3 is 0 Å². The van der Waals surface area contributed by atoms with Crippen LogP contribution in [-0.2, 0) is 0 Å². The molecule has 1 unspecified atom stereocenters. The maximum Gasteiger partial charge on any atom is 0.125 e. The van der Waals surface area contributed by atoms with Crippen LogP contribution in [0.1, 0.15) is 0 Å². The highest BCUT2D eigenvalue weighted by Gasteiger charge is 2.04. The molecule has 0 saturated carbocycles. The van der Waals surface area contributed by atoms with Crippen LogP contribution in [0.25, 0.3) is 0 Å². The second kappa shape index (κ2) is 5.14. The second-order valence-electron chi connectivity index (χ2n) is 2.84. The summed E-state index contributed by atoms with van der Waals surface area (Å²) in [4.78, 5) is 0. The topological polar surface area (TPSA) is 52.5 Å². The highest BCUT2D eigenvalue weighted by Crippen LogP contribution is 2.22. The van der Waals surface area contributed by atoms with Crippen molar-refractivity contribution in [3.05, 3.63) is 29.0 Å². The van der Waals surface area contributed by atoms with E-state index in [0.29, 0.717) is 10.7 Å². The molecule has 0 aromatic heterocycles. The Morgan fingerprint density at radius 3 is 2.86 bits per heavy atom. The average molecular weight is 220 g/mol. The first-order valence-corrected chi connectivity index (χ1v) is 4.49. The van der Waals surface area contributed by atoms with Crippen LogP contribution in [0.2, 0.25) is 5.02 Å². The third kappa shape index (κ3) is 3.14. The van der Waals surface area contributed by atoms with Crippen LogP contribution in [0, 0.1) is 5.82 Å². The molecule has 0 saturated heterocycles. The Bertz CT molecular complexity index is 309. The largest absolute Gasteiger partial charge is 0.394 e. The molecule has 0 aliphatic heterocycles. The number of hydrogen-bond donors (Lipinski definition) is 3. The number of anilines is 1. The van der Waals surface area contributed by atoms with Gasteiger partial charge in [-0.2, -0.15) is 0 Å². The molecule has 1 aromatic rings. The Balaban J connectivity index is 2.62. The predicted molar refractivity (Wildman–Crippen MR) is 53.0 cm³/mol. The first-order valence-electron chi connectivity index (χ1n) is 4.11. The van der Waals surface area contributed by atoms with E-state index < -0.39 is 11.9 Å². The Labute approximate surface area is 86.1 Å². The minimum absolute atomic E-state index is 0.125. The highest BCUT2D eigenvalue weighted by atomic mass is 35.5. The maximum atomic E-state index is 12.7. The predicted octanol–water partition coefficient (Wildman–Crippen LogP) is 1.24. The fraction of sp³-hybridized carbons (Fsp3) is 0.333. The van der Waals surface area contributed by atoms with Crippen molar-refractivity contribution < 1.29 is 14.6 Å². The molecule has 78 valence electrons. The molecule has 1 rings (SSSR count). The van der Waals surface area contributed by atoms with Crippen molar-refractivity contribution in [3.8, 4) is 0 Å². The zero-order chi connectivity index (χ0) is 10.6. The molecular formula is C9H11ClFNO2. The summed E-state index contributed by atoms with van der Waals surface area (Å²) < 4.78 is 12.7. The number of hydrogen-bond acceptors (Lipinski definition) is 3. The number of aliphatic hydroxyl groups excluding tert-OH is 2. The standard InChI is InChI=1S/C9H11ClFNO2/c10-8-2-1-6(11)3-9(8)12-4-7(14)5-13/h1-3,7,12-14H,4-5H2. The summed E-state index contributed by atoms with van der Waals surface area (Å²) in [5.41, 5.74) is 0.402. The van der Waals surface area contributed by atoms with E-state index in [4.69, 9.17) is 21.8 Å². The van der Waals surface area contributed by atoms with E-state index in [0.717, 1.165) is 0 Å². The minimum atomic E-state index is -0.880. The van der Waals surface area contributed by atoms with Crippen LogP contribution in [0.3, 0.4) is 0 Å². The zero-order valence-electron chi connectivity index (χ0n) is 7.37. The first kappa shape index (κ1) is 11.2. The molecule has 0 fully saturated rings. The molecule has 3 nitrogen and oxygen atoms in total. The Morgan fingerprint density at radius 1 is 1.50 bits per heavy atom. The fourth-order valence-corrected chi connectivity index (χ4v) is 1.11. The normalized spacial score (nSPS) is 12.6. The summed E-state index contributed by atoms with van der Waals surface area (Å²) in [5, 5.41) is 20.7. The minimum Gasteiger partial charge on any atom is -0.394 e. The molecule has 1 aromatic carbocycles. The summed E-state index contributed by atoms with van der Waals surface area (Å²) in [7, 11) is 0. The average Bonchev–Trinajstić information content (AvgIpc) is 2.19. The Hall–Kier alpha value is -0.840. The van der Waals surface area contributed by atoms with Gasteiger partial charge in [-0.15, -0.1) is 0 Å². The lowest BCUT2D eigenvalue weighted by Crippen LogP contribution is -2.23. The quantitative estimate of drug-likeness (QED) is 0.714. The third-order valence-electron chi connectivity index (χ3n) is 1.67. The summed E-state index contributed by atoms with van der Waals surface area (Å²) in [5.74, 6) is -0.407. The van der Waals surface area contributed by atoms with E-state index >= 15 is 0 Å². The van der Waals surface area contributed by atoms with E-state index in [-0.39, 0.29) is 13.2 Å². The summed E-state index contributed by atoms with van der Waals surface area (Å²) in [6.07, 6.45) is -0.880. The van der Waals surface area contributed by atoms with Crippen LogP contribution in [-0.4, -0.2) is 29.5 Å². The van der Waals surface area contributed by atoms with Crippen molar-refractivity contribution in [2.45, 2.75) is 6.10 Å². The lowest BCUT2D eigenvalue weighted by Gasteiger charge is -2.11. The van der Waals surface area contributed by atoms with Crippen molar-refractivity contribution in [1.82, 2.24) is 0 Å². The Kier molecular flexibility index (Phi) is 4.13. The lowest BCUT2D eigenvalue weighted by atomic mass is 10.3. The first-order chi connectivity index (χ1) is 6.63. The lowest BCUT2D eigenvalue weighted by molar-refractivity contribution is 0.105. The van der Waals surface area contributed by atoms with E-state index in [1.807, 2.05) is 0 Å². The molecule has 14 heavy (non-hydrogen) atoms. The van der Waals surface area contributed by atoms with E-state index in [1.54, 1.807) is 0 Å². The fourth-order valence-electron chi connectivity index (χ4n) is 0.925. The number of aliphatic hydroxyl groups is 2. The van der Waals surface area contributed by atoms with Crippen LogP contribution >= 0.6 is 11.6 Å². The van der Waals surface area contributed by atoms with Crippen molar-refractivity contribution in [2.75, 3.05) is 18.5 Å². The molecule has 0 aliphatic carbocycles. The molecule has 0 bridgehead atoms. The van der Waals surface area contributed by atoms with Crippen molar-refractivity contribution >= 4 is 17.3 Å². The molecule has 5 heteroatoms. The van der Waals surface area contributed by atoms with Crippen LogP contribution < -0.4 is 5.32 Å². The second-order valence-corrected chi connectivity index (χ2v) is 3.25. The smallest absolute Gasteiger partial charge is 0.125 e. The van der Waals surface area contributed by atoms with Gasteiger partial charge in [-0.1, -0.05) is 11.6 Å². The van der Waals surface area contributed by atoms with Gasteiger partial charge in [-0.05, 0) is 18.2 Å². The van der Waals surface area contributed by atoms with Gasteiger partial charge in [0.1, 0.15) is 5.82 Å². The third-order valence-corrected chi connectivity index (χ3v) is 2.00. The van der Waals surface area contributed by atoms with Gasteiger partial charge in [-0.25, -0.2) is 4.39 Å². The Morgan fingerprint density at radius 2 is 2.21 bits per heavy atom. The van der Waals surface area contributed by atoms with Gasteiger partial charge in [-0.3, -0.25) is 0 Å². The molecule has 1 atom stereocenters. The zero-order valence-corrected chi connectivity index (χ0v) is 8.13. The van der Waals surface area contributed by atoms with Crippen LogP contribution in [0.5, 0.6) is 0 Å². The van der Waals surface area contributed by atoms with Gasteiger partial charge in [0.05, 0.1) is 23.4 Å². The SMILES string of the molecule is OCC(O)CNc1cc(F)ccc1Cl. The summed E-state index contributed by atoms with van der Waals surface area (Å²) in [6.45, 7) is -0.223. The number of benzene rings is 1. The van der Waals surface area contributed by atoms with E-state index in [1.165, 1.54) is 18.2 Å². The van der Waals surface area contributed by atoms with Gasteiger partial charge in [0, 0.05) is 6.54 Å². The molecule has 0 radical (unpaired) electrons. The molecular weight excluding hydrogens is 209 g/mol. The van der Waals surface area contributed by atoms with E-state index in [9.17, 15) is 4.39 Å². The molecule has 3 N–H and O–H groups in total. The van der Waals surface area contributed by atoms with Crippen molar-refractivity contribution in [2.24, 2.45) is 0 Å². The number of halogens is 2. The monoisotopic (exact) mass is 219 g/mol. The summed E-state index contributed by atoms with van der Waals surface area (Å²) in [6, 6.07) is 3.90. The highest BCUT2D eigenvalue weighted by molar-refractivity contribution is 6.33. The van der Waals surface area contributed by atoms with Crippen molar-refractivity contribution in [1.29, 1.82) is 0 Å². The van der Waals surface area contributed by atoms with Gasteiger partial charge in [0.25, 0.3) is 0 Å². The van der Waals surface area contributed by atoms with Crippen LogP contribution in [0.4, 0.5) is 10.1 Å². The molecule has 0 amide bonds. The molecule has 0 heterocycles.